The molecule has 2 aromatic carbocycles. The van der Waals surface area contributed by atoms with Crippen LogP contribution in [0.15, 0.2) is 48.5 Å². The normalized spacial score (nSPS) is 17.9. The lowest BCUT2D eigenvalue weighted by Gasteiger charge is -2.25. The summed E-state index contributed by atoms with van der Waals surface area (Å²) in [7, 11) is 0. The standard InChI is InChI=1S/C19H19Cl2N3O2/c1-12(13-5-3-2-4-6-13)24-11-15(10-18(24)25)23-19(26)22-14-7-8-16(20)17(21)9-14/h2-9,12,15H,10-11H2,1H3,(H2,22,23,26). The zero-order chi connectivity index (χ0) is 18.7. The van der Waals surface area contributed by atoms with Crippen LogP contribution >= 0.6 is 23.2 Å². The topological polar surface area (TPSA) is 61.4 Å². The summed E-state index contributed by atoms with van der Waals surface area (Å²) in [6.45, 7) is 2.47. The van der Waals surface area contributed by atoms with Crippen LogP contribution in [0.1, 0.15) is 24.9 Å². The molecular weight excluding hydrogens is 373 g/mol. The first-order valence-corrected chi connectivity index (χ1v) is 9.06. The van der Waals surface area contributed by atoms with E-state index >= 15 is 0 Å². The molecule has 3 amide bonds. The number of likely N-dealkylation sites (tertiary alicyclic amines) is 1. The van der Waals surface area contributed by atoms with Gasteiger partial charge in [-0.15, -0.1) is 0 Å². The molecule has 0 bridgehead atoms. The van der Waals surface area contributed by atoms with Crippen LogP contribution in [0.3, 0.4) is 0 Å². The van der Waals surface area contributed by atoms with Crippen LogP contribution in [-0.4, -0.2) is 29.4 Å². The molecule has 26 heavy (non-hydrogen) atoms. The minimum absolute atomic E-state index is 0.0289. The number of rotatable bonds is 4. The summed E-state index contributed by atoms with van der Waals surface area (Å²) in [6.07, 6.45) is 0.284. The van der Waals surface area contributed by atoms with Crippen molar-refractivity contribution in [2.45, 2.75) is 25.4 Å². The van der Waals surface area contributed by atoms with Crippen molar-refractivity contribution < 1.29 is 9.59 Å². The van der Waals surface area contributed by atoms with Crippen LogP contribution in [-0.2, 0) is 4.79 Å². The molecule has 2 N–H and O–H groups in total. The Morgan fingerprint density at radius 3 is 2.58 bits per heavy atom. The van der Waals surface area contributed by atoms with Crippen molar-refractivity contribution in [3.05, 3.63) is 64.1 Å². The van der Waals surface area contributed by atoms with E-state index in [9.17, 15) is 9.59 Å². The quantitative estimate of drug-likeness (QED) is 0.806. The second-order valence-electron chi connectivity index (χ2n) is 6.26. The summed E-state index contributed by atoms with van der Waals surface area (Å²) >= 11 is 11.8. The van der Waals surface area contributed by atoms with Gasteiger partial charge in [-0.1, -0.05) is 53.5 Å². The average molecular weight is 392 g/mol. The Kier molecular flexibility index (Phi) is 5.69. The van der Waals surface area contributed by atoms with Gasteiger partial charge in [0.15, 0.2) is 0 Å². The number of hydrogen-bond acceptors (Lipinski definition) is 2. The molecule has 3 rings (SSSR count). The molecule has 1 heterocycles. The lowest BCUT2D eigenvalue weighted by molar-refractivity contribution is -0.129. The number of benzene rings is 2. The Hall–Kier alpha value is -2.24. The Morgan fingerprint density at radius 2 is 1.88 bits per heavy atom. The van der Waals surface area contributed by atoms with Crippen LogP contribution in [0.2, 0.25) is 10.0 Å². The van der Waals surface area contributed by atoms with Gasteiger partial charge in [-0.25, -0.2) is 4.79 Å². The van der Waals surface area contributed by atoms with E-state index < -0.39 is 0 Å². The van der Waals surface area contributed by atoms with Gasteiger partial charge in [0, 0.05) is 18.7 Å². The second kappa shape index (κ2) is 7.98. The molecule has 136 valence electrons. The van der Waals surface area contributed by atoms with E-state index in [4.69, 9.17) is 23.2 Å². The maximum atomic E-state index is 12.3. The fourth-order valence-corrected chi connectivity index (χ4v) is 3.34. The fraction of sp³-hybridized carbons (Fsp3) is 0.263. The van der Waals surface area contributed by atoms with Gasteiger partial charge in [0.25, 0.3) is 0 Å². The van der Waals surface area contributed by atoms with Crippen molar-refractivity contribution in [2.24, 2.45) is 0 Å². The predicted octanol–water partition coefficient (Wildman–Crippen LogP) is 4.48. The van der Waals surface area contributed by atoms with Crippen molar-refractivity contribution in [1.29, 1.82) is 0 Å². The van der Waals surface area contributed by atoms with Gasteiger partial charge in [0.1, 0.15) is 0 Å². The zero-order valence-corrected chi connectivity index (χ0v) is 15.7. The zero-order valence-electron chi connectivity index (χ0n) is 14.2. The third kappa shape index (κ3) is 4.29. The summed E-state index contributed by atoms with van der Waals surface area (Å²) in [6, 6.07) is 14.0. The average Bonchev–Trinajstić information content (AvgIpc) is 2.98. The highest BCUT2D eigenvalue weighted by Crippen LogP contribution is 2.26. The first-order chi connectivity index (χ1) is 12.4. The molecule has 0 aliphatic carbocycles. The van der Waals surface area contributed by atoms with E-state index in [2.05, 4.69) is 10.6 Å². The van der Waals surface area contributed by atoms with Gasteiger partial charge in [0.05, 0.1) is 22.1 Å². The largest absolute Gasteiger partial charge is 0.334 e. The Bertz CT molecular complexity index is 814. The molecule has 0 spiro atoms. The number of anilines is 1. The van der Waals surface area contributed by atoms with Gasteiger partial charge in [-0.3, -0.25) is 4.79 Å². The Morgan fingerprint density at radius 1 is 1.15 bits per heavy atom. The second-order valence-corrected chi connectivity index (χ2v) is 7.08. The molecule has 0 aromatic heterocycles. The molecular formula is C19H19Cl2N3O2. The van der Waals surface area contributed by atoms with Crippen LogP contribution in [0.25, 0.3) is 0 Å². The van der Waals surface area contributed by atoms with Crippen LogP contribution in [0.4, 0.5) is 10.5 Å². The molecule has 2 aromatic rings. The molecule has 2 unspecified atom stereocenters. The maximum absolute atomic E-state index is 12.3. The number of amides is 3. The van der Waals surface area contributed by atoms with Crippen LogP contribution in [0.5, 0.6) is 0 Å². The van der Waals surface area contributed by atoms with Gasteiger partial charge in [0.2, 0.25) is 5.91 Å². The Balaban J connectivity index is 1.58. The third-order valence-electron chi connectivity index (χ3n) is 4.42. The number of urea groups is 1. The lowest BCUT2D eigenvalue weighted by Crippen LogP contribution is -2.40. The molecule has 1 aliphatic heterocycles. The molecule has 0 saturated carbocycles. The summed E-state index contributed by atoms with van der Waals surface area (Å²) < 4.78 is 0. The van der Waals surface area contributed by atoms with Crippen molar-refractivity contribution >= 4 is 40.8 Å². The highest BCUT2D eigenvalue weighted by Gasteiger charge is 2.33. The molecule has 2 atom stereocenters. The SMILES string of the molecule is CC(c1ccccc1)N1CC(NC(=O)Nc2ccc(Cl)c(Cl)c2)CC1=O. The van der Waals surface area contributed by atoms with Crippen molar-refractivity contribution in [3.63, 3.8) is 0 Å². The number of nitrogens with zero attached hydrogens (tertiary/aromatic N) is 1. The maximum Gasteiger partial charge on any atom is 0.319 e. The summed E-state index contributed by atoms with van der Waals surface area (Å²) in [4.78, 5) is 26.3. The van der Waals surface area contributed by atoms with Gasteiger partial charge < -0.3 is 15.5 Å². The summed E-state index contributed by atoms with van der Waals surface area (Å²) in [5, 5.41) is 6.33. The monoisotopic (exact) mass is 391 g/mol. The first-order valence-electron chi connectivity index (χ1n) is 8.31. The smallest absolute Gasteiger partial charge is 0.319 e. The number of halogens is 2. The molecule has 1 saturated heterocycles. The molecule has 7 heteroatoms. The van der Waals surface area contributed by atoms with E-state index in [0.29, 0.717) is 22.3 Å². The van der Waals surface area contributed by atoms with Gasteiger partial charge >= 0.3 is 6.03 Å². The molecule has 1 aliphatic rings. The summed E-state index contributed by atoms with van der Waals surface area (Å²) in [5.74, 6) is 0.0289. The van der Waals surface area contributed by atoms with Gasteiger partial charge in [-0.2, -0.15) is 0 Å². The van der Waals surface area contributed by atoms with Crippen molar-refractivity contribution in [1.82, 2.24) is 10.2 Å². The van der Waals surface area contributed by atoms with Crippen molar-refractivity contribution in [3.8, 4) is 0 Å². The number of carbonyl (C=O) groups is 2. The predicted molar refractivity (Wildman–Crippen MR) is 104 cm³/mol. The number of hydrogen-bond donors (Lipinski definition) is 2. The first kappa shape index (κ1) is 18.5. The highest BCUT2D eigenvalue weighted by molar-refractivity contribution is 6.42. The van der Waals surface area contributed by atoms with E-state index in [1.54, 1.807) is 23.1 Å². The summed E-state index contributed by atoms with van der Waals surface area (Å²) in [5.41, 5.74) is 1.61. The number of nitrogens with one attached hydrogen (secondary N) is 2. The number of carbonyl (C=O) groups excluding carboxylic acids is 2. The minimum atomic E-state index is -0.379. The van der Waals surface area contributed by atoms with E-state index in [-0.39, 0.29) is 30.4 Å². The van der Waals surface area contributed by atoms with Gasteiger partial charge in [-0.05, 0) is 30.7 Å². The molecule has 0 radical (unpaired) electrons. The van der Waals surface area contributed by atoms with Crippen molar-refractivity contribution in [2.75, 3.05) is 11.9 Å². The lowest BCUT2D eigenvalue weighted by atomic mass is 10.1. The van der Waals surface area contributed by atoms with E-state index in [1.807, 2.05) is 37.3 Å². The fourth-order valence-electron chi connectivity index (χ4n) is 3.04. The Labute approximate surface area is 162 Å². The van der Waals surface area contributed by atoms with Crippen LogP contribution in [0, 0.1) is 0 Å². The molecule has 5 nitrogen and oxygen atoms in total. The minimum Gasteiger partial charge on any atom is -0.334 e. The molecule has 1 fully saturated rings. The van der Waals surface area contributed by atoms with E-state index in [1.165, 1.54) is 0 Å². The highest BCUT2D eigenvalue weighted by atomic mass is 35.5. The third-order valence-corrected chi connectivity index (χ3v) is 5.16. The van der Waals surface area contributed by atoms with E-state index in [0.717, 1.165) is 5.56 Å². The van der Waals surface area contributed by atoms with Crippen LogP contribution < -0.4 is 10.6 Å².